The molecular formula is C17H20N6O3S2. The molecule has 1 aliphatic heterocycles. The lowest BCUT2D eigenvalue weighted by Gasteiger charge is -2.31. The van der Waals surface area contributed by atoms with E-state index in [0.29, 0.717) is 18.1 Å². The standard InChI is InChI=1S/C17H20N6O3S2/c1-12-10-27-17(19-12)21-15-5-3-4-13(20-15)14-8-23(6-7-26-14)28(24,25)16-9-22(2)11-18-16/h3-5,9-11,14H,6-8H2,1-2H3,(H,19,20,21)/t14-/m0/s1. The summed E-state index contributed by atoms with van der Waals surface area (Å²) < 4.78 is 34.5. The number of rotatable bonds is 5. The Morgan fingerprint density at radius 3 is 2.89 bits per heavy atom. The molecule has 4 rings (SSSR count). The molecule has 0 spiro atoms. The molecule has 1 atom stereocenters. The zero-order chi connectivity index (χ0) is 19.7. The number of ether oxygens (including phenoxy) is 1. The molecule has 1 aliphatic rings. The molecule has 0 aromatic carbocycles. The van der Waals surface area contributed by atoms with Gasteiger partial charge in [0.25, 0.3) is 10.0 Å². The Morgan fingerprint density at radius 1 is 1.32 bits per heavy atom. The number of thiazole rings is 1. The van der Waals surface area contributed by atoms with Crippen LogP contribution in [0.1, 0.15) is 17.5 Å². The maximum absolute atomic E-state index is 12.8. The van der Waals surface area contributed by atoms with E-state index in [1.807, 2.05) is 30.5 Å². The minimum absolute atomic E-state index is 0.0400. The number of sulfonamides is 1. The molecule has 1 N–H and O–H groups in total. The van der Waals surface area contributed by atoms with Crippen LogP contribution in [0.15, 0.2) is 41.1 Å². The average Bonchev–Trinajstić information content (AvgIpc) is 3.31. The fourth-order valence-corrected chi connectivity index (χ4v) is 4.98. The highest BCUT2D eigenvalue weighted by molar-refractivity contribution is 7.89. The predicted octanol–water partition coefficient (Wildman–Crippen LogP) is 2.09. The number of morpholine rings is 1. The first-order valence-corrected chi connectivity index (χ1v) is 11.0. The van der Waals surface area contributed by atoms with Crippen molar-refractivity contribution in [2.75, 3.05) is 25.0 Å². The third kappa shape index (κ3) is 3.92. The van der Waals surface area contributed by atoms with Crippen LogP contribution in [0.4, 0.5) is 10.9 Å². The van der Waals surface area contributed by atoms with Crippen molar-refractivity contribution in [3.63, 3.8) is 0 Å². The van der Waals surface area contributed by atoms with Gasteiger partial charge in [-0.1, -0.05) is 6.07 Å². The van der Waals surface area contributed by atoms with Crippen molar-refractivity contribution in [1.82, 2.24) is 23.8 Å². The van der Waals surface area contributed by atoms with E-state index in [1.165, 1.54) is 28.2 Å². The fourth-order valence-electron chi connectivity index (χ4n) is 2.90. The number of anilines is 2. The van der Waals surface area contributed by atoms with Gasteiger partial charge in [-0.15, -0.1) is 11.3 Å². The fraction of sp³-hybridized carbons (Fsp3) is 0.353. The third-order valence-electron chi connectivity index (χ3n) is 4.27. The van der Waals surface area contributed by atoms with E-state index in [4.69, 9.17) is 4.74 Å². The normalized spacial score (nSPS) is 18.3. The van der Waals surface area contributed by atoms with Gasteiger partial charge >= 0.3 is 0 Å². The Balaban J connectivity index is 1.52. The summed E-state index contributed by atoms with van der Waals surface area (Å²) in [6.07, 6.45) is 2.52. The van der Waals surface area contributed by atoms with E-state index >= 15 is 0 Å². The van der Waals surface area contributed by atoms with Crippen LogP contribution in [-0.4, -0.2) is 51.9 Å². The van der Waals surface area contributed by atoms with Gasteiger partial charge in [-0.05, 0) is 19.1 Å². The first-order valence-electron chi connectivity index (χ1n) is 8.67. The second-order valence-electron chi connectivity index (χ2n) is 6.47. The van der Waals surface area contributed by atoms with Gasteiger partial charge in [0.05, 0.1) is 24.3 Å². The maximum Gasteiger partial charge on any atom is 0.262 e. The molecule has 9 nitrogen and oxygen atoms in total. The molecule has 0 unspecified atom stereocenters. The molecule has 28 heavy (non-hydrogen) atoms. The summed E-state index contributed by atoms with van der Waals surface area (Å²) in [7, 11) is -1.93. The summed E-state index contributed by atoms with van der Waals surface area (Å²) in [4.78, 5) is 12.9. The van der Waals surface area contributed by atoms with Crippen LogP contribution in [0.3, 0.4) is 0 Å². The first kappa shape index (κ1) is 19.0. The van der Waals surface area contributed by atoms with Crippen molar-refractivity contribution in [1.29, 1.82) is 0 Å². The number of hydrogen-bond acceptors (Lipinski definition) is 8. The minimum atomic E-state index is -3.67. The third-order valence-corrected chi connectivity index (χ3v) is 6.90. The minimum Gasteiger partial charge on any atom is -0.369 e. The van der Waals surface area contributed by atoms with E-state index in [-0.39, 0.29) is 18.1 Å². The Hall–Kier alpha value is -2.34. The molecule has 1 saturated heterocycles. The molecule has 0 radical (unpaired) electrons. The van der Waals surface area contributed by atoms with Crippen LogP contribution in [-0.2, 0) is 21.8 Å². The highest BCUT2D eigenvalue weighted by Gasteiger charge is 2.33. The van der Waals surface area contributed by atoms with Gasteiger partial charge < -0.3 is 14.6 Å². The average molecular weight is 421 g/mol. The van der Waals surface area contributed by atoms with Gasteiger partial charge in [-0.2, -0.15) is 4.31 Å². The van der Waals surface area contributed by atoms with Gasteiger partial charge in [-0.3, -0.25) is 0 Å². The lowest BCUT2D eigenvalue weighted by Crippen LogP contribution is -2.42. The molecular weight excluding hydrogens is 400 g/mol. The zero-order valence-corrected chi connectivity index (χ0v) is 17.1. The molecule has 0 saturated carbocycles. The molecule has 4 heterocycles. The Morgan fingerprint density at radius 2 is 2.18 bits per heavy atom. The van der Waals surface area contributed by atoms with Crippen molar-refractivity contribution in [3.8, 4) is 0 Å². The van der Waals surface area contributed by atoms with Crippen LogP contribution in [0.2, 0.25) is 0 Å². The second kappa shape index (κ2) is 7.59. The van der Waals surface area contributed by atoms with E-state index in [0.717, 1.165) is 10.8 Å². The Labute approximate surface area is 167 Å². The maximum atomic E-state index is 12.8. The number of hydrogen-bond donors (Lipinski definition) is 1. The molecule has 0 amide bonds. The van der Waals surface area contributed by atoms with Crippen molar-refractivity contribution < 1.29 is 13.2 Å². The number of imidazole rings is 1. The molecule has 3 aromatic heterocycles. The summed E-state index contributed by atoms with van der Waals surface area (Å²) in [5.74, 6) is 0.639. The molecule has 0 aliphatic carbocycles. The van der Waals surface area contributed by atoms with E-state index in [9.17, 15) is 8.42 Å². The number of aromatic nitrogens is 4. The van der Waals surface area contributed by atoms with Crippen LogP contribution < -0.4 is 5.32 Å². The van der Waals surface area contributed by atoms with Gasteiger partial charge in [0.2, 0.25) is 0 Å². The highest BCUT2D eigenvalue weighted by atomic mass is 32.2. The largest absolute Gasteiger partial charge is 0.369 e. The Bertz CT molecular complexity index is 1080. The smallest absolute Gasteiger partial charge is 0.262 e. The van der Waals surface area contributed by atoms with Gasteiger partial charge in [0.15, 0.2) is 10.2 Å². The summed E-state index contributed by atoms with van der Waals surface area (Å²) in [5.41, 5.74) is 1.61. The first-order chi connectivity index (χ1) is 13.4. The summed E-state index contributed by atoms with van der Waals surface area (Å²) >= 11 is 1.50. The van der Waals surface area contributed by atoms with Crippen molar-refractivity contribution >= 4 is 32.3 Å². The van der Waals surface area contributed by atoms with Crippen LogP contribution in [0, 0.1) is 6.92 Å². The summed E-state index contributed by atoms with van der Waals surface area (Å²) in [6, 6.07) is 5.53. The highest BCUT2D eigenvalue weighted by Crippen LogP contribution is 2.26. The predicted molar refractivity (Wildman–Crippen MR) is 105 cm³/mol. The SMILES string of the molecule is Cc1csc(Nc2cccc([C@@H]3CN(S(=O)(=O)c4cn(C)cn4)CCO3)n2)n1. The lowest BCUT2D eigenvalue weighted by atomic mass is 10.2. The topological polar surface area (TPSA) is 102 Å². The number of nitrogens with zero attached hydrogens (tertiary/aromatic N) is 5. The number of aryl methyl sites for hydroxylation is 2. The summed E-state index contributed by atoms with van der Waals surface area (Å²) in [5, 5.41) is 5.92. The molecule has 11 heteroatoms. The van der Waals surface area contributed by atoms with Crippen molar-refractivity contribution in [3.05, 3.63) is 47.5 Å². The lowest BCUT2D eigenvalue weighted by molar-refractivity contribution is -0.00492. The zero-order valence-electron chi connectivity index (χ0n) is 15.4. The van der Waals surface area contributed by atoms with Crippen LogP contribution in [0.25, 0.3) is 0 Å². The van der Waals surface area contributed by atoms with Gasteiger partial charge in [-0.25, -0.2) is 23.4 Å². The molecule has 0 bridgehead atoms. The van der Waals surface area contributed by atoms with Crippen molar-refractivity contribution in [2.45, 2.75) is 18.1 Å². The molecule has 3 aromatic rings. The molecule has 1 fully saturated rings. The Kier molecular flexibility index (Phi) is 5.15. The summed E-state index contributed by atoms with van der Waals surface area (Å²) in [6.45, 7) is 2.69. The van der Waals surface area contributed by atoms with E-state index < -0.39 is 16.1 Å². The van der Waals surface area contributed by atoms with Crippen LogP contribution >= 0.6 is 11.3 Å². The van der Waals surface area contributed by atoms with Crippen LogP contribution in [0.5, 0.6) is 0 Å². The van der Waals surface area contributed by atoms with Gasteiger partial charge in [0.1, 0.15) is 11.9 Å². The monoisotopic (exact) mass is 420 g/mol. The van der Waals surface area contributed by atoms with Gasteiger partial charge in [0, 0.05) is 31.7 Å². The van der Waals surface area contributed by atoms with Crippen molar-refractivity contribution in [2.24, 2.45) is 7.05 Å². The molecule has 148 valence electrons. The second-order valence-corrected chi connectivity index (χ2v) is 9.21. The number of pyridine rings is 1. The van der Waals surface area contributed by atoms with E-state index in [2.05, 4.69) is 20.3 Å². The van der Waals surface area contributed by atoms with E-state index in [1.54, 1.807) is 11.6 Å². The number of nitrogens with one attached hydrogen (secondary N) is 1. The quantitative estimate of drug-likeness (QED) is 0.674.